The van der Waals surface area contributed by atoms with Crippen molar-refractivity contribution in [2.45, 2.75) is 6.61 Å². The normalized spacial score (nSPS) is 11.0. The van der Waals surface area contributed by atoms with Crippen LogP contribution >= 0.6 is 15.9 Å². The first kappa shape index (κ1) is 17.9. The number of nitrogens with two attached hydrogens (primary N) is 1. The minimum atomic E-state index is -0.286. The van der Waals surface area contributed by atoms with Crippen LogP contribution in [0.3, 0.4) is 0 Å². The van der Waals surface area contributed by atoms with E-state index in [1.165, 1.54) is 12.1 Å². The first-order valence-electron chi connectivity index (χ1n) is 7.57. The molecule has 0 bridgehead atoms. The zero-order valence-electron chi connectivity index (χ0n) is 13.8. The Hall–Kier alpha value is -2.87. The molecule has 134 valence electrons. The maximum absolute atomic E-state index is 13.0. The second-order valence-electron chi connectivity index (χ2n) is 5.26. The number of methoxy groups -OCH3 is 1. The Morgan fingerprint density at radius 2 is 1.96 bits per heavy atom. The topological polar surface area (TPSA) is 83.4 Å². The lowest BCUT2D eigenvalue weighted by atomic mass is 10.2. The summed E-state index contributed by atoms with van der Waals surface area (Å²) in [4.78, 5) is 0. The molecule has 0 saturated carbocycles. The summed E-state index contributed by atoms with van der Waals surface area (Å²) in [7, 11) is 1.55. The maximum Gasteiger partial charge on any atom is 0.313 e. The molecule has 0 aliphatic carbocycles. The van der Waals surface area contributed by atoms with Gasteiger partial charge in [0.05, 0.1) is 11.6 Å². The molecule has 6 nitrogen and oxygen atoms in total. The molecule has 0 spiro atoms. The zero-order chi connectivity index (χ0) is 18.5. The van der Waals surface area contributed by atoms with E-state index >= 15 is 0 Å². The van der Waals surface area contributed by atoms with E-state index in [-0.39, 0.29) is 18.4 Å². The second-order valence-corrected chi connectivity index (χ2v) is 6.12. The number of nitrogens with zero attached hydrogens (tertiary/aromatic N) is 2. The fraction of sp³-hybridized carbons (Fsp3) is 0.111. The van der Waals surface area contributed by atoms with E-state index in [2.05, 4.69) is 26.1 Å². The lowest BCUT2D eigenvalue weighted by Gasteiger charge is -2.13. The number of nitrogen functional groups attached to an aromatic ring is 1. The molecular weight excluding hydrogens is 405 g/mol. The molecule has 1 heterocycles. The zero-order valence-corrected chi connectivity index (χ0v) is 15.4. The molecule has 0 aliphatic heterocycles. The van der Waals surface area contributed by atoms with Crippen LogP contribution in [0.25, 0.3) is 12.2 Å². The van der Waals surface area contributed by atoms with Gasteiger partial charge in [-0.15, -0.1) is 5.10 Å². The average Bonchev–Trinajstić information content (AvgIpc) is 3.05. The van der Waals surface area contributed by atoms with Gasteiger partial charge in [0, 0.05) is 6.08 Å². The fourth-order valence-electron chi connectivity index (χ4n) is 2.19. The van der Waals surface area contributed by atoms with Crippen LogP contribution in [0.15, 0.2) is 45.3 Å². The molecule has 0 fully saturated rings. The van der Waals surface area contributed by atoms with Gasteiger partial charge in [-0.05, 0) is 57.4 Å². The van der Waals surface area contributed by atoms with E-state index in [9.17, 15) is 4.39 Å². The molecule has 3 rings (SSSR count). The van der Waals surface area contributed by atoms with E-state index in [0.29, 0.717) is 21.9 Å². The molecule has 0 radical (unpaired) electrons. The van der Waals surface area contributed by atoms with Gasteiger partial charge in [-0.25, -0.2) is 4.39 Å². The quantitative estimate of drug-likeness (QED) is 0.640. The van der Waals surface area contributed by atoms with Crippen LogP contribution < -0.4 is 15.2 Å². The highest BCUT2D eigenvalue weighted by molar-refractivity contribution is 9.10. The van der Waals surface area contributed by atoms with Gasteiger partial charge in [0.1, 0.15) is 12.4 Å². The standard InChI is InChI=1S/C18H15BrFN3O3/c1-24-15-9-12(4-7-16-22-23-18(21)26-16)8-14(19)17(15)25-10-11-2-5-13(20)6-3-11/h2-9H,10H2,1H3,(H2,21,23)/b7-4+. The van der Waals surface area contributed by atoms with Crippen molar-refractivity contribution in [1.82, 2.24) is 10.2 Å². The van der Waals surface area contributed by atoms with Gasteiger partial charge in [-0.2, -0.15) is 0 Å². The molecule has 3 aromatic rings. The Bertz CT molecular complexity index is 926. The molecule has 2 aromatic carbocycles. The molecule has 26 heavy (non-hydrogen) atoms. The minimum absolute atomic E-state index is 0.00736. The van der Waals surface area contributed by atoms with Crippen LogP contribution in [0.5, 0.6) is 11.5 Å². The summed E-state index contributed by atoms with van der Waals surface area (Å²) in [5, 5.41) is 7.35. The number of anilines is 1. The summed E-state index contributed by atoms with van der Waals surface area (Å²) < 4.78 is 30.0. The number of hydrogen-bond donors (Lipinski definition) is 1. The number of aromatic nitrogens is 2. The first-order valence-corrected chi connectivity index (χ1v) is 8.36. The predicted molar refractivity (Wildman–Crippen MR) is 99.1 cm³/mol. The third-order valence-electron chi connectivity index (χ3n) is 3.42. The Labute approximate surface area is 157 Å². The van der Waals surface area contributed by atoms with Gasteiger partial charge in [0.15, 0.2) is 11.5 Å². The minimum Gasteiger partial charge on any atom is -0.493 e. The summed E-state index contributed by atoms with van der Waals surface area (Å²) in [5.41, 5.74) is 7.07. The van der Waals surface area contributed by atoms with Crippen molar-refractivity contribution < 1.29 is 18.3 Å². The Kier molecular flexibility index (Phi) is 5.52. The highest BCUT2D eigenvalue weighted by Gasteiger charge is 2.11. The Balaban J connectivity index is 1.78. The molecule has 0 unspecified atom stereocenters. The van der Waals surface area contributed by atoms with Crippen LogP contribution in [0.2, 0.25) is 0 Å². The van der Waals surface area contributed by atoms with Gasteiger partial charge in [-0.3, -0.25) is 0 Å². The van der Waals surface area contributed by atoms with Crippen LogP contribution in [0.4, 0.5) is 10.4 Å². The summed E-state index contributed by atoms with van der Waals surface area (Å²) in [6, 6.07) is 9.80. The molecule has 0 aliphatic rings. The molecule has 0 saturated heterocycles. The van der Waals surface area contributed by atoms with Gasteiger partial charge in [-0.1, -0.05) is 17.2 Å². The van der Waals surface area contributed by atoms with Crippen molar-refractivity contribution in [3.05, 3.63) is 63.7 Å². The third-order valence-corrected chi connectivity index (χ3v) is 4.01. The van der Waals surface area contributed by atoms with Crippen molar-refractivity contribution in [3.63, 3.8) is 0 Å². The molecular formula is C18H15BrFN3O3. The SMILES string of the molecule is COc1cc(/C=C/c2nnc(N)o2)cc(Br)c1OCc1ccc(F)cc1. The van der Waals surface area contributed by atoms with E-state index in [0.717, 1.165) is 11.1 Å². The highest BCUT2D eigenvalue weighted by Crippen LogP contribution is 2.37. The van der Waals surface area contributed by atoms with Crippen LogP contribution in [-0.2, 0) is 6.61 Å². The van der Waals surface area contributed by atoms with Crippen molar-refractivity contribution in [2.75, 3.05) is 12.8 Å². The third kappa shape index (κ3) is 4.40. The van der Waals surface area contributed by atoms with Crippen LogP contribution in [0.1, 0.15) is 17.0 Å². The predicted octanol–water partition coefficient (Wildman–Crippen LogP) is 4.31. The summed E-state index contributed by atoms with van der Waals surface area (Å²) in [6.45, 7) is 0.283. The largest absolute Gasteiger partial charge is 0.493 e. The summed E-state index contributed by atoms with van der Waals surface area (Å²) in [5.74, 6) is 1.11. The van der Waals surface area contributed by atoms with Crippen molar-refractivity contribution in [2.24, 2.45) is 0 Å². The lowest BCUT2D eigenvalue weighted by molar-refractivity contribution is 0.282. The summed E-state index contributed by atoms with van der Waals surface area (Å²) >= 11 is 3.48. The first-order chi connectivity index (χ1) is 12.5. The van der Waals surface area contributed by atoms with Gasteiger partial charge < -0.3 is 19.6 Å². The summed E-state index contributed by atoms with van der Waals surface area (Å²) in [6.07, 6.45) is 3.42. The molecule has 1 aromatic heterocycles. The van der Waals surface area contributed by atoms with E-state index in [1.54, 1.807) is 37.5 Å². The lowest BCUT2D eigenvalue weighted by Crippen LogP contribution is -1.99. The Morgan fingerprint density at radius 1 is 1.19 bits per heavy atom. The molecule has 0 amide bonds. The van der Waals surface area contributed by atoms with Gasteiger partial charge >= 0.3 is 6.01 Å². The number of rotatable bonds is 6. The molecule has 8 heteroatoms. The molecule has 2 N–H and O–H groups in total. The monoisotopic (exact) mass is 419 g/mol. The average molecular weight is 420 g/mol. The van der Waals surface area contributed by atoms with Crippen molar-refractivity contribution in [1.29, 1.82) is 0 Å². The van der Waals surface area contributed by atoms with Crippen molar-refractivity contribution >= 4 is 34.1 Å². The number of halogens is 2. The number of benzene rings is 2. The second kappa shape index (κ2) is 8.01. The number of ether oxygens (including phenoxy) is 2. The van der Waals surface area contributed by atoms with E-state index < -0.39 is 0 Å². The fourth-order valence-corrected chi connectivity index (χ4v) is 2.77. The molecule has 0 atom stereocenters. The smallest absolute Gasteiger partial charge is 0.313 e. The van der Waals surface area contributed by atoms with E-state index in [4.69, 9.17) is 19.6 Å². The van der Waals surface area contributed by atoms with Gasteiger partial charge in [0.25, 0.3) is 0 Å². The van der Waals surface area contributed by atoms with Crippen LogP contribution in [0, 0.1) is 5.82 Å². The number of hydrogen-bond acceptors (Lipinski definition) is 6. The van der Waals surface area contributed by atoms with Crippen LogP contribution in [-0.4, -0.2) is 17.3 Å². The van der Waals surface area contributed by atoms with Gasteiger partial charge in [0.2, 0.25) is 5.89 Å². The maximum atomic E-state index is 13.0. The Morgan fingerprint density at radius 3 is 2.62 bits per heavy atom. The highest BCUT2D eigenvalue weighted by atomic mass is 79.9. The van der Waals surface area contributed by atoms with Crippen molar-refractivity contribution in [3.8, 4) is 11.5 Å². The van der Waals surface area contributed by atoms with E-state index in [1.807, 2.05) is 6.07 Å².